The zero-order valence-corrected chi connectivity index (χ0v) is 10.1. The zero-order valence-electron chi connectivity index (χ0n) is 10.1. The molecule has 0 aliphatic carbocycles. The Morgan fingerprint density at radius 3 is 2.16 bits per heavy atom. The summed E-state index contributed by atoms with van der Waals surface area (Å²) in [6.45, 7) is -0.0759. The summed E-state index contributed by atoms with van der Waals surface area (Å²) in [6, 6.07) is 17.9. The van der Waals surface area contributed by atoms with Crippen molar-refractivity contribution in [2.24, 2.45) is 0 Å². The quantitative estimate of drug-likeness (QED) is 0.625. The van der Waals surface area contributed by atoms with Crippen molar-refractivity contribution in [2.75, 3.05) is 6.79 Å². The van der Waals surface area contributed by atoms with E-state index in [1.165, 1.54) is 0 Å². The summed E-state index contributed by atoms with van der Waals surface area (Å²) in [4.78, 5) is 22.6. The first-order chi connectivity index (χ1) is 9.33. The van der Waals surface area contributed by atoms with E-state index in [1.807, 2.05) is 24.3 Å². The molecule has 0 spiro atoms. The van der Waals surface area contributed by atoms with Crippen molar-refractivity contribution < 1.29 is 19.3 Å². The Hall–Kier alpha value is -2.01. The lowest BCUT2D eigenvalue weighted by Gasteiger charge is -2.23. The van der Waals surface area contributed by atoms with Crippen LogP contribution in [0.5, 0.6) is 0 Å². The molecule has 96 valence electrons. The Labute approximate surface area is 110 Å². The number of carbonyl (C=O) groups is 1. The van der Waals surface area contributed by atoms with E-state index in [2.05, 4.69) is 0 Å². The third-order valence-corrected chi connectivity index (χ3v) is 2.98. The number of rotatable bonds is 3. The largest absolute Gasteiger partial charge is 0.308 e. The van der Waals surface area contributed by atoms with Crippen LogP contribution in [0.15, 0.2) is 60.7 Å². The van der Waals surface area contributed by atoms with E-state index in [4.69, 9.17) is 14.5 Å². The van der Waals surface area contributed by atoms with Crippen molar-refractivity contribution in [1.82, 2.24) is 0 Å². The van der Waals surface area contributed by atoms with Gasteiger partial charge in [-0.1, -0.05) is 60.7 Å². The standard InChI is InChI=1S/C15H12O4/c16-14(12-7-3-1-4-8-12)15(17-11-18-19-15)13-9-5-2-6-10-13/h1-10H,11H2. The highest BCUT2D eigenvalue weighted by Crippen LogP contribution is 2.35. The van der Waals surface area contributed by atoms with E-state index < -0.39 is 5.79 Å². The van der Waals surface area contributed by atoms with E-state index in [9.17, 15) is 4.79 Å². The van der Waals surface area contributed by atoms with Gasteiger partial charge in [0.05, 0.1) is 0 Å². The summed E-state index contributed by atoms with van der Waals surface area (Å²) in [7, 11) is 0. The van der Waals surface area contributed by atoms with Crippen molar-refractivity contribution >= 4 is 5.78 Å². The van der Waals surface area contributed by atoms with Crippen molar-refractivity contribution in [3.8, 4) is 0 Å². The highest BCUT2D eigenvalue weighted by Gasteiger charge is 2.48. The van der Waals surface area contributed by atoms with E-state index in [-0.39, 0.29) is 12.6 Å². The van der Waals surface area contributed by atoms with Gasteiger partial charge in [0.1, 0.15) is 0 Å². The Bertz CT molecular complexity index is 559. The third-order valence-electron chi connectivity index (χ3n) is 2.98. The number of Topliss-reactive ketones (excluding diaryl/α,β-unsaturated/α-hetero) is 1. The molecular weight excluding hydrogens is 244 g/mol. The van der Waals surface area contributed by atoms with E-state index >= 15 is 0 Å². The SMILES string of the molecule is O=C(c1ccccc1)C1(c2ccccc2)OCOO1. The molecule has 19 heavy (non-hydrogen) atoms. The molecule has 1 fully saturated rings. The second-order valence-electron chi connectivity index (χ2n) is 4.14. The van der Waals surface area contributed by atoms with Crippen LogP contribution in [0.2, 0.25) is 0 Å². The fourth-order valence-electron chi connectivity index (χ4n) is 2.04. The van der Waals surface area contributed by atoms with Crippen molar-refractivity contribution in [2.45, 2.75) is 5.79 Å². The number of ketones is 1. The maximum absolute atomic E-state index is 12.6. The van der Waals surface area contributed by atoms with Crippen LogP contribution in [0, 0.1) is 0 Å². The first-order valence-electron chi connectivity index (χ1n) is 5.93. The molecule has 0 saturated carbocycles. The molecular formula is C15H12O4. The molecule has 4 nitrogen and oxygen atoms in total. The summed E-state index contributed by atoms with van der Waals surface area (Å²) < 4.78 is 5.45. The van der Waals surface area contributed by atoms with Crippen LogP contribution >= 0.6 is 0 Å². The van der Waals surface area contributed by atoms with E-state index in [0.29, 0.717) is 11.1 Å². The van der Waals surface area contributed by atoms with Gasteiger partial charge in [-0.15, -0.1) is 0 Å². The topological polar surface area (TPSA) is 44.8 Å². The van der Waals surface area contributed by atoms with Gasteiger partial charge in [-0.3, -0.25) is 4.79 Å². The normalized spacial score (nSPS) is 22.3. The summed E-state index contributed by atoms with van der Waals surface area (Å²) in [5.74, 6) is -1.79. The molecule has 0 bridgehead atoms. The molecule has 1 unspecified atom stereocenters. The summed E-state index contributed by atoms with van der Waals surface area (Å²) in [5.41, 5.74) is 1.12. The molecule has 0 N–H and O–H groups in total. The summed E-state index contributed by atoms with van der Waals surface area (Å²) >= 11 is 0. The Morgan fingerprint density at radius 1 is 0.947 bits per heavy atom. The van der Waals surface area contributed by atoms with Crippen LogP contribution in [0.4, 0.5) is 0 Å². The van der Waals surface area contributed by atoms with Gasteiger partial charge in [0, 0.05) is 11.1 Å². The average Bonchev–Trinajstić information content (AvgIpc) is 2.99. The van der Waals surface area contributed by atoms with Gasteiger partial charge < -0.3 is 4.74 Å². The molecule has 2 aromatic carbocycles. The summed E-state index contributed by atoms with van der Waals surface area (Å²) in [5, 5.41) is 0. The maximum atomic E-state index is 12.6. The number of hydrogen-bond donors (Lipinski definition) is 0. The molecule has 4 heteroatoms. The first-order valence-corrected chi connectivity index (χ1v) is 5.93. The smallest absolute Gasteiger partial charge is 0.293 e. The monoisotopic (exact) mass is 256 g/mol. The summed E-state index contributed by atoms with van der Waals surface area (Å²) in [6.07, 6.45) is 0. The lowest BCUT2D eigenvalue weighted by Crippen LogP contribution is -2.37. The maximum Gasteiger partial charge on any atom is 0.293 e. The molecule has 0 radical (unpaired) electrons. The second-order valence-corrected chi connectivity index (χ2v) is 4.14. The Balaban J connectivity index is 2.05. The lowest BCUT2D eigenvalue weighted by molar-refractivity contribution is -0.306. The van der Waals surface area contributed by atoms with E-state index in [1.54, 1.807) is 36.4 Å². The molecule has 0 aromatic heterocycles. The Morgan fingerprint density at radius 2 is 1.58 bits per heavy atom. The van der Waals surface area contributed by atoms with Crippen molar-refractivity contribution in [1.29, 1.82) is 0 Å². The Kier molecular flexibility index (Phi) is 3.13. The van der Waals surface area contributed by atoms with Gasteiger partial charge in [0.25, 0.3) is 5.79 Å². The molecule has 2 aromatic rings. The van der Waals surface area contributed by atoms with Crippen LogP contribution in [0.1, 0.15) is 15.9 Å². The van der Waals surface area contributed by atoms with Crippen LogP contribution in [0.3, 0.4) is 0 Å². The van der Waals surface area contributed by atoms with Gasteiger partial charge in [-0.05, 0) is 0 Å². The predicted molar refractivity (Wildman–Crippen MR) is 67.0 cm³/mol. The molecule has 1 atom stereocenters. The molecule has 1 aliphatic rings. The molecule has 3 rings (SSSR count). The van der Waals surface area contributed by atoms with Crippen LogP contribution in [-0.2, 0) is 20.3 Å². The minimum Gasteiger partial charge on any atom is -0.308 e. The average molecular weight is 256 g/mol. The van der Waals surface area contributed by atoms with Crippen LogP contribution in [-0.4, -0.2) is 12.6 Å². The number of carbonyl (C=O) groups excluding carboxylic acids is 1. The molecule has 1 saturated heterocycles. The predicted octanol–water partition coefficient (Wildman–Crippen LogP) is 2.66. The minimum absolute atomic E-state index is 0.0759. The van der Waals surface area contributed by atoms with Gasteiger partial charge in [0.2, 0.25) is 5.78 Å². The number of benzene rings is 2. The van der Waals surface area contributed by atoms with E-state index in [0.717, 1.165) is 0 Å². The van der Waals surface area contributed by atoms with Gasteiger partial charge in [-0.2, -0.15) is 4.89 Å². The van der Waals surface area contributed by atoms with Gasteiger partial charge in [-0.25, -0.2) is 4.89 Å². The number of ether oxygens (including phenoxy) is 1. The first kappa shape index (κ1) is 12.0. The van der Waals surface area contributed by atoms with Crippen LogP contribution in [0.25, 0.3) is 0 Å². The molecule has 0 amide bonds. The second kappa shape index (κ2) is 4.93. The molecule has 1 heterocycles. The third kappa shape index (κ3) is 2.06. The highest BCUT2D eigenvalue weighted by molar-refractivity contribution is 6.02. The van der Waals surface area contributed by atoms with Gasteiger partial charge in [0.15, 0.2) is 6.79 Å². The molecule has 1 aliphatic heterocycles. The fraction of sp³-hybridized carbons (Fsp3) is 0.133. The zero-order chi connectivity index (χ0) is 13.1. The lowest BCUT2D eigenvalue weighted by atomic mass is 9.96. The van der Waals surface area contributed by atoms with Crippen molar-refractivity contribution in [3.63, 3.8) is 0 Å². The number of hydrogen-bond acceptors (Lipinski definition) is 4. The van der Waals surface area contributed by atoms with Crippen molar-refractivity contribution in [3.05, 3.63) is 71.8 Å². The highest BCUT2D eigenvalue weighted by atomic mass is 17.3. The minimum atomic E-state index is -1.51. The van der Waals surface area contributed by atoms with Gasteiger partial charge >= 0.3 is 0 Å². The van der Waals surface area contributed by atoms with Crippen LogP contribution < -0.4 is 0 Å². The fourth-order valence-corrected chi connectivity index (χ4v) is 2.04.